The maximum absolute atomic E-state index is 13.0. The number of hydrogen-bond acceptors (Lipinski definition) is 5. The van der Waals surface area contributed by atoms with Crippen LogP contribution in [0.1, 0.15) is 55.2 Å². The molecule has 7 rings (SSSR count). The maximum Gasteiger partial charge on any atom is 0.261 e. The molecular formula is C33H39N3O5S2. The van der Waals surface area contributed by atoms with Crippen molar-refractivity contribution in [2.75, 3.05) is 27.1 Å². The number of amides is 1. The molecule has 4 fully saturated rings. The maximum atomic E-state index is 13.0. The van der Waals surface area contributed by atoms with Crippen molar-refractivity contribution < 1.29 is 21.6 Å². The highest BCUT2D eigenvalue weighted by Gasteiger charge is 2.51. The van der Waals surface area contributed by atoms with Gasteiger partial charge < -0.3 is 5.32 Å². The van der Waals surface area contributed by atoms with E-state index in [0.29, 0.717) is 17.1 Å². The lowest BCUT2D eigenvalue weighted by Gasteiger charge is -2.57. The number of anilines is 3. The second kappa shape index (κ2) is 11.0. The quantitative estimate of drug-likeness (QED) is 0.306. The van der Waals surface area contributed by atoms with Gasteiger partial charge in [0.15, 0.2) is 0 Å². The summed E-state index contributed by atoms with van der Waals surface area (Å²) in [6, 6.07) is 19.1. The van der Waals surface area contributed by atoms with E-state index in [-0.39, 0.29) is 10.3 Å². The van der Waals surface area contributed by atoms with Crippen LogP contribution in [0.15, 0.2) is 71.6 Å². The third-order valence-electron chi connectivity index (χ3n) is 9.58. The minimum atomic E-state index is -3.84. The van der Waals surface area contributed by atoms with Gasteiger partial charge in [-0.05, 0) is 135 Å². The zero-order valence-electron chi connectivity index (χ0n) is 24.8. The summed E-state index contributed by atoms with van der Waals surface area (Å²) in [4.78, 5) is 13.0. The van der Waals surface area contributed by atoms with Crippen LogP contribution < -0.4 is 14.3 Å². The molecule has 4 bridgehead atoms. The molecule has 228 valence electrons. The first-order chi connectivity index (χ1) is 20.3. The molecule has 0 heterocycles. The normalized spacial score (nSPS) is 24.5. The van der Waals surface area contributed by atoms with E-state index in [9.17, 15) is 21.6 Å². The third-order valence-corrected chi connectivity index (χ3v) is 12.1. The van der Waals surface area contributed by atoms with Crippen molar-refractivity contribution in [1.29, 1.82) is 0 Å². The number of rotatable bonds is 9. The van der Waals surface area contributed by atoms with Gasteiger partial charge in [-0.15, -0.1) is 0 Å². The molecule has 0 unspecified atom stereocenters. The third kappa shape index (κ3) is 6.17. The molecule has 0 spiro atoms. The molecule has 2 N–H and O–H groups in total. The Bertz CT molecular complexity index is 1720. The molecule has 0 atom stereocenters. The number of benzene rings is 3. The smallest absolute Gasteiger partial charge is 0.261 e. The van der Waals surface area contributed by atoms with Crippen LogP contribution in [-0.4, -0.2) is 35.5 Å². The van der Waals surface area contributed by atoms with Crippen LogP contribution in [0.2, 0.25) is 0 Å². The standard InChI is InChI=1S/C33H39N3O5S2/c1-22-4-5-23(2)31(14-22)35-43(40,41)30-12-8-28(9-13-30)34-32(37)21-36(42(3,38)39)29-10-6-27(7-11-29)33-18-24-15-25(19-33)17-26(16-24)20-33/h4-14,24-26,35H,15-21H2,1-3H3,(H,34,37). The van der Waals surface area contributed by atoms with Crippen LogP contribution in [0.4, 0.5) is 17.1 Å². The highest BCUT2D eigenvalue weighted by atomic mass is 32.2. The molecule has 4 aliphatic carbocycles. The van der Waals surface area contributed by atoms with Crippen LogP contribution in [-0.2, 0) is 30.3 Å². The second-order valence-corrected chi connectivity index (χ2v) is 16.6. The van der Waals surface area contributed by atoms with Crippen molar-refractivity contribution in [1.82, 2.24) is 0 Å². The first-order valence-corrected chi connectivity index (χ1v) is 18.2. The summed E-state index contributed by atoms with van der Waals surface area (Å²) >= 11 is 0. The lowest BCUT2D eigenvalue weighted by molar-refractivity contribution is -0.114. The average Bonchev–Trinajstić information content (AvgIpc) is 2.93. The van der Waals surface area contributed by atoms with Gasteiger partial charge >= 0.3 is 0 Å². The molecule has 43 heavy (non-hydrogen) atoms. The number of nitrogens with zero attached hydrogens (tertiary/aromatic N) is 1. The van der Waals surface area contributed by atoms with Crippen molar-refractivity contribution in [2.45, 2.75) is 62.7 Å². The number of nitrogens with one attached hydrogen (secondary N) is 2. The summed E-state index contributed by atoms with van der Waals surface area (Å²) < 4.78 is 55.1. The zero-order chi connectivity index (χ0) is 30.6. The van der Waals surface area contributed by atoms with E-state index < -0.39 is 32.5 Å². The fraction of sp³-hybridized carbons (Fsp3) is 0.424. The first kappa shape index (κ1) is 29.7. The van der Waals surface area contributed by atoms with Crippen molar-refractivity contribution in [3.05, 3.63) is 83.4 Å². The number of aryl methyl sites for hydroxylation is 2. The Kier molecular flexibility index (Phi) is 7.57. The van der Waals surface area contributed by atoms with E-state index in [1.165, 1.54) is 68.4 Å². The predicted molar refractivity (Wildman–Crippen MR) is 170 cm³/mol. The number of hydrogen-bond donors (Lipinski definition) is 2. The van der Waals surface area contributed by atoms with Crippen molar-refractivity contribution in [2.24, 2.45) is 17.8 Å². The van der Waals surface area contributed by atoms with Gasteiger partial charge in [0.25, 0.3) is 10.0 Å². The minimum absolute atomic E-state index is 0.0447. The molecule has 8 nitrogen and oxygen atoms in total. The molecule has 3 aromatic carbocycles. The fourth-order valence-corrected chi connectivity index (χ4v) is 9.92. The first-order valence-electron chi connectivity index (χ1n) is 14.9. The number of carbonyl (C=O) groups is 1. The van der Waals surface area contributed by atoms with Gasteiger partial charge in [-0.2, -0.15) is 0 Å². The van der Waals surface area contributed by atoms with Crippen molar-refractivity contribution >= 4 is 43.0 Å². The van der Waals surface area contributed by atoms with Gasteiger partial charge in [-0.3, -0.25) is 13.8 Å². The van der Waals surface area contributed by atoms with Crippen molar-refractivity contribution in [3.63, 3.8) is 0 Å². The average molecular weight is 622 g/mol. The van der Waals surface area contributed by atoms with E-state index in [0.717, 1.165) is 39.4 Å². The van der Waals surface area contributed by atoms with E-state index in [1.54, 1.807) is 6.07 Å². The summed E-state index contributed by atoms with van der Waals surface area (Å²) in [6.45, 7) is 3.31. The SMILES string of the molecule is Cc1ccc(C)c(NS(=O)(=O)c2ccc(NC(=O)CN(c3ccc(C45CC6CC(CC(C6)C4)C5)cc3)S(C)(=O)=O)cc2)c1. The molecule has 10 heteroatoms. The molecule has 0 radical (unpaired) electrons. The minimum Gasteiger partial charge on any atom is -0.325 e. The molecular weight excluding hydrogens is 583 g/mol. The molecule has 4 aliphatic rings. The van der Waals surface area contributed by atoms with Gasteiger partial charge in [0.2, 0.25) is 15.9 Å². The Balaban J connectivity index is 1.13. The summed E-state index contributed by atoms with van der Waals surface area (Å²) in [6.07, 6.45) is 8.83. The summed E-state index contributed by atoms with van der Waals surface area (Å²) in [5.41, 5.74) is 4.54. The van der Waals surface area contributed by atoms with E-state index in [2.05, 4.69) is 22.2 Å². The summed E-state index contributed by atoms with van der Waals surface area (Å²) in [7, 11) is -7.58. The lowest BCUT2D eigenvalue weighted by atomic mass is 9.48. The van der Waals surface area contributed by atoms with Gasteiger partial charge in [-0.1, -0.05) is 24.3 Å². The number of carbonyl (C=O) groups excluding carboxylic acids is 1. The molecule has 3 aromatic rings. The largest absolute Gasteiger partial charge is 0.325 e. The van der Waals surface area contributed by atoms with Crippen LogP contribution in [0.5, 0.6) is 0 Å². The Morgan fingerprint density at radius 2 is 1.42 bits per heavy atom. The van der Waals surface area contributed by atoms with Crippen LogP contribution in [0, 0.1) is 31.6 Å². The Labute approximate surface area is 255 Å². The van der Waals surface area contributed by atoms with Gasteiger partial charge in [-0.25, -0.2) is 16.8 Å². The highest BCUT2D eigenvalue weighted by Crippen LogP contribution is 2.60. The topological polar surface area (TPSA) is 113 Å². The van der Waals surface area contributed by atoms with Gasteiger partial charge in [0, 0.05) is 5.69 Å². The monoisotopic (exact) mass is 621 g/mol. The lowest BCUT2D eigenvalue weighted by Crippen LogP contribution is -2.48. The Morgan fingerprint density at radius 3 is 1.98 bits per heavy atom. The van der Waals surface area contributed by atoms with Crippen LogP contribution >= 0.6 is 0 Å². The van der Waals surface area contributed by atoms with Crippen molar-refractivity contribution in [3.8, 4) is 0 Å². The predicted octanol–water partition coefficient (Wildman–Crippen LogP) is 5.98. The Hall–Kier alpha value is -3.37. The molecule has 1 amide bonds. The van der Waals surface area contributed by atoms with E-state index in [1.807, 2.05) is 38.1 Å². The molecule has 4 saturated carbocycles. The van der Waals surface area contributed by atoms with E-state index >= 15 is 0 Å². The molecule has 0 aromatic heterocycles. The van der Waals surface area contributed by atoms with Crippen LogP contribution in [0.3, 0.4) is 0 Å². The fourth-order valence-electron chi connectivity index (χ4n) is 7.94. The molecule has 0 aliphatic heterocycles. The second-order valence-electron chi connectivity index (χ2n) is 13.0. The van der Waals surface area contributed by atoms with E-state index in [4.69, 9.17) is 0 Å². The zero-order valence-corrected chi connectivity index (χ0v) is 26.5. The van der Waals surface area contributed by atoms with Gasteiger partial charge in [0.1, 0.15) is 6.54 Å². The van der Waals surface area contributed by atoms with Crippen LogP contribution in [0.25, 0.3) is 0 Å². The highest BCUT2D eigenvalue weighted by molar-refractivity contribution is 7.92. The molecule has 0 saturated heterocycles. The van der Waals surface area contributed by atoms with Gasteiger partial charge in [0.05, 0.1) is 22.5 Å². The Morgan fingerprint density at radius 1 is 0.837 bits per heavy atom. The number of sulfonamides is 2. The summed E-state index contributed by atoms with van der Waals surface area (Å²) in [5, 5.41) is 2.70. The summed E-state index contributed by atoms with van der Waals surface area (Å²) in [5.74, 6) is 1.90.